The number of nitrogens with one attached hydrogen (secondary N) is 1. The van der Waals surface area contributed by atoms with Crippen molar-refractivity contribution in [2.24, 2.45) is 5.92 Å². The van der Waals surface area contributed by atoms with E-state index in [1.165, 1.54) is 5.56 Å². The van der Waals surface area contributed by atoms with Gasteiger partial charge < -0.3 is 15.2 Å². The van der Waals surface area contributed by atoms with Crippen LogP contribution in [0.3, 0.4) is 0 Å². The molecule has 1 unspecified atom stereocenters. The quantitative estimate of drug-likeness (QED) is 0.764. The SMILES string of the molecule is CC(C)CNCc1cccc(OCC(C)O)c1. The molecule has 3 nitrogen and oxygen atoms in total. The van der Waals surface area contributed by atoms with Crippen molar-refractivity contribution >= 4 is 0 Å². The standard InChI is InChI=1S/C14H23NO2/c1-11(2)8-15-9-13-5-4-6-14(7-13)17-10-12(3)16/h4-7,11-12,15-16H,8-10H2,1-3H3. The van der Waals surface area contributed by atoms with Crippen molar-refractivity contribution in [1.82, 2.24) is 5.32 Å². The molecule has 3 heteroatoms. The molecular formula is C14H23NO2. The van der Waals surface area contributed by atoms with Crippen molar-refractivity contribution in [3.63, 3.8) is 0 Å². The van der Waals surface area contributed by atoms with Crippen LogP contribution in [0.25, 0.3) is 0 Å². The summed E-state index contributed by atoms with van der Waals surface area (Å²) < 4.78 is 5.46. The fourth-order valence-electron chi connectivity index (χ4n) is 1.47. The number of benzene rings is 1. The van der Waals surface area contributed by atoms with Gasteiger partial charge in [0, 0.05) is 6.54 Å². The number of hydrogen-bond acceptors (Lipinski definition) is 3. The highest BCUT2D eigenvalue weighted by molar-refractivity contribution is 5.28. The van der Waals surface area contributed by atoms with E-state index in [0.29, 0.717) is 12.5 Å². The van der Waals surface area contributed by atoms with Gasteiger partial charge in [0.1, 0.15) is 12.4 Å². The summed E-state index contributed by atoms with van der Waals surface area (Å²) in [6, 6.07) is 7.97. The van der Waals surface area contributed by atoms with E-state index in [-0.39, 0.29) is 0 Å². The van der Waals surface area contributed by atoms with Crippen LogP contribution in [0, 0.1) is 5.92 Å². The molecule has 1 aromatic carbocycles. The third kappa shape index (κ3) is 6.29. The van der Waals surface area contributed by atoms with E-state index in [9.17, 15) is 0 Å². The fourth-order valence-corrected chi connectivity index (χ4v) is 1.47. The van der Waals surface area contributed by atoms with Crippen molar-refractivity contribution in [1.29, 1.82) is 0 Å². The molecule has 2 N–H and O–H groups in total. The van der Waals surface area contributed by atoms with Crippen molar-refractivity contribution in [2.75, 3.05) is 13.2 Å². The minimum Gasteiger partial charge on any atom is -0.491 e. The Morgan fingerprint density at radius 3 is 2.71 bits per heavy atom. The molecule has 0 spiro atoms. The molecular weight excluding hydrogens is 214 g/mol. The summed E-state index contributed by atoms with van der Waals surface area (Å²) in [6.45, 7) is 8.30. The molecule has 0 radical (unpaired) electrons. The van der Waals surface area contributed by atoms with Crippen LogP contribution in [0.1, 0.15) is 26.3 Å². The Kier molecular flexibility index (Phi) is 6.01. The van der Waals surface area contributed by atoms with Crippen LogP contribution >= 0.6 is 0 Å². The van der Waals surface area contributed by atoms with E-state index in [2.05, 4.69) is 25.2 Å². The smallest absolute Gasteiger partial charge is 0.119 e. The molecule has 0 fully saturated rings. The third-order valence-electron chi connectivity index (χ3n) is 2.27. The second-order valence-corrected chi connectivity index (χ2v) is 4.83. The van der Waals surface area contributed by atoms with Gasteiger partial charge in [-0.3, -0.25) is 0 Å². The molecule has 17 heavy (non-hydrogen) atoms. The van der Waals surface area contributed by atoms with Crippen LogP contribution in [0.15, 0.2) is 24.3 Å². The number of aliphatic hydroxyl groups excluding tert-OH is 1. The first-order chi connectivity index (χ1) is 8.08. The first kappa shape index (κ1) is 14.0. The highest BCUT2D eigenvalue weighted by Gasteiger charge is 2.00. The van der Waals surface area contributed by atoms with Crippen molar-refractivity contribution in [3.05, 3.63) is 29.8 Å². The summed E-state index contributed by atoms with van der Waals surface area (Å²) in [5.41, 5.74) is 1.20. The van der Waals surface area contributed by atoms with Gasteiger partial charge in [0.05, 0.1) is 6.10 Å². The molecule has 0 amide bonds. The second kappa shape index (κ2) is 7.30. The van der Waals surface area contributed by atoms with Crippen LogP contribution in [0.5, 0.6) is 5.75 Å². The lowest BCUT2D eigenvalue weighted by Crippen LogP contribution is -2.19. The second-order valence-electron chi connectivity index (χ2n) is 4.83. The molecule has 0 saturated carbocycles. The lowest BCUT2D eigenvalue weighted by atomic mass is 10.2. The van der Waals surface area contributed by atoms with Gasteiger partial charge in [-0.1, -0.05) is 26.0 Å². The summed E-state index contributed by atoms with van der Waals surface area (Å²) in [5, 5.41) is 12.5. The van der Waals surface area contributed by atoms with Crippen LogP contribution < -0.4 is 10.1 Å². The Labute approximate surface area is 104 Å². The maximum Gasteiger partial charge on any atom is 0.119 e. The van der Waals surface area contributed by atoms with Gasteiger partial charge >= 0.3 is 0 Å². The average molecular weight is 237 g/mol. The molecule has 1 rings (SSSR count). The van der Waals surface area contributed by atoms with Gasteiger partial charge in [0.25, 0.3) is 0 Å². The summed E-state index contributed by atoms with van der Waals surface area (Å²) >= 11 is 0. The predicted octanol–water partition coefficient (Wildman–Crippen LogP) is 2.19. The number of hydrogen-bond donors (Lipinski definition) is 2. The lowest BCUT2D eigenvalue weighted by Gasteiger charge is -2.11. The molecule has 0 aliphatic rings. The average Bonchev–Trinajstić information content (AvgIpc) is 2.26. The highest BCUT2D eigenvalue weighted by Crippen LogP contribution is 2.13. The Hall–Kier alpha value is -1.06. The van der Waals surface area contributed by atoms with E-state index in [0.717, 1.165) is 18.8 Å². The van der Waals surface area contributed by atoms with Crippen LogP contribution in [-0.4, -0.2) is 24.4 Å². The lowest BCUT2D eigenvalue weighted by molar-refractivity contribution is 0.122. The first-order valence-corrected chi connectivity index (χ1v) is 6.18. The molecule has 0 bridgehead atoms. The maximum absolute atomic E-state index is 9.15. The Balaban J connectivity index is 2.42. The topological polar surface area (TPSA) is 41.5 Å². The normalized spacial score (nSPS) is 12.8. The van der Waals surface area contributed by atoms with E-state index in [1.807, 2.05) is 18.2 Å². The maximum atomic E-state index is 9.15. The van der Waals surface area contributed by atoms with E-state index in [4.69, 9.17) is 9.84 Å². The molecule has 0 saturated heterocycles. The Morgan fingerprint density at radius 2 is 2.06 bits per heavy atom. The zero-order chi connectivity index (χ0) is 12.7. The fraction of sp³-hybridized carbons (Fsp3) is 0.571. The van der Waals surface area contributed by atoms with Crippen molar-refractivity contribution in [2.45, 2.75) is 33.4 Å². The molecule has 1 atom stereocenters. The van der Waals surface area contributed by atoms with Crippen LogP contribution in [0.4, 0.5) is 0 Å². The van der Waals surface area contributed by atoms with E-state index in [1.54, 1.807) is 6.92 Å². The summed E-state index contributed by atoms with van der Waals surface area (Å²) in [6.07, 6.45) is -0.433. The molecule has 1 aromatic rings. The van der Waals surface area contributed by atoms with Crippen molar-refractivity contribution in [3.8, 4) is 5.75 Å². The summed E-state index contributed by atoms with van der Waals surface area (Å²) in [5.74, 6) is 1.47. The first-order valence-electron chi connectivity index (χ1n) is 6.18. The minimum absolute atomic E-state index is 0.336. The van der Waals surface area contributed by atoms with Gasteiger partial charge in [-0.2, -0.15) is 0 Å². The molecule has 0 aliphatic heterocycles. The van der Waals surface area contributed by atoms with Crippen LogP contribution in [0.2, 0.25) is 0 Å². The highest BCUT2D eigenvalue weighted by atomic mass is 16.5. The predicted molar refractivity (Wildman–Crippen MR) is 70.2 cm³/mol. The van der Waals surface area contributed by atoms with E-state index < -0.39 is 6.10 Å². The Morgan fingerprint density at radius 1 is 1.29 bits per heavy atom. The van der Waals surface area contributed by atoms with Gasteiger partial charge in [-0.25, -0.2) is 0 Å². The Bertz CT molecular complexity index is 324. The largest absolute Gasteiger partial charge is 0.491 e. The zero-order valence-corrected chi connectivity index (χ0v) is 10.9. The molecule has 0 aliphatic carbocycles. The van der Waals surface area contributed by atoms with Gasteiger partial charge in [0.15, 0.2) is 0 Å². The number of ether oxygens (including phenoxy) is 1. The van der Waals surface area contributed by atoms with Gasteiger partial charge in [-0.15, -0.1) is 0 Å². The van der Waals surface area contributed by atoms with Crippen LogP contribution in [-0.2, 0) is 6.54 Å². The number of aliphatic hydroxyl groups is 1. The van der Waals surface area contributed by atoms with Gasteiger partial charge in [-0.05, 0) is 37.1 Å². The van der Waals surface area contributed by atoms with E-state index >= 15 is 0 Å². The monoisotopic (exact) mass is 237 g/mol. The third-order valence-corrected chi connectivity index (χ3v) is 2.27. The van der Waals surface area contributed by atoms with Gasteiger partial charge in [0.2, 0.25) is 0 Å². The molecule has 0 heterocycles. The number of rotatable bonds is 7. The minimum atomic E-state index is -0.433. The zero-order valence-electron chi connectivity index (χ0n) is 10.9. The summed E-state index contributed by atoms with van der Waals surface area (Å²) in [7, 11) is 0. The molecule has 96 valence electrons. The molecule has 0 aromatic heterocycles. The summed E-state index contributed by atoms with van der Waals surface area (Å²) in [4.78, 5) is 0. The van der Waals surface area contributed by atoms with Crippen molar-refractivity contribution < 1.29 is 9.84 Å².